The van der Waals surface area contributed by atoms with Gasteiger partial charge in [0.25, 0.3) is 5.91 Å². The summed E-state index contributed by atoms with van der Waals surface area (Å²) < 4.78 is 39.3. The molecule has 0 bridgehead atoms. The predicted octanol–water partition coefficient (Wildman–Crippen LogP) is 7.99. The van der Waals surface area contributed by atoms with Gasteiger partial charge >= 0.3 is 0 Å². The second kappa shape index (κ2) is 9.98. The Kier molecular flexibility index (Phi) is 7.30. The first kappa shape index (κ1) is 26.4. The summed E-state index contributed by atoms with van der Waals surface area (Å²) in [6.07, 6.45) is 0. The minimum atomic E-state index is -1.47. The number of anilines is 2. The van der Waals surface area contributed by atoms with Crippen molar-refractivity contribution in [3.8, 4) is 0 Å². The first-order valence-electron chi connectivity index (χ1n) is 10.3. The molecule has 0 heterocycles. The van der Waals surface area contributed by atoms with Crippen molar-refractivity contribution in [1.82, 2.24) is 0 Å². The molecule has 186 valence electrons. The van der Waals surface area contributed by atoms with E-state index in [0.717, 1.165) is 12.1 Å². The highest BCUT2D eigenvalue weighted by Gasteiger charge is 2.67. The van der Waals surface area contributed by atoms with Crippen LogP contribution in [0.5, 0.6) is 0 Å². The van der Waals surface area contributed by atoms with E-state index in [1.165, 1.54) is 30.3 Å². The molecule has 4 rings (SSSR count). The lowest BCUT2D eigenvalue weighted by atomic mass is 10.0. The summed E-state index contributed by atoms with van der Waals surface area (Å²) in [4.78, 5) is 25.6. The van der Waals surface area contributed by atoms with Crippen LogP contribution in [0.1, 0.15) is 27.4 Å². The number of carbonyl (C=O) groups excluding carboxylic acids is 2. The molecule has 0 aliphatic heterocycles. The number of carbonyl (C=O) groups is 2. The van der Waals surface area contributed by atoms with Crippen LogP contribution in [-0.2, 0) is 4.79 Å². The largest absolute Gasteiger partial charge is 0.326 e. The van der Waals surface area contributed by atoms with Crippen molar-refractivity contribution in [2.24, 2.45) is 5.92 Å². The van der Waals surface area contributed by atoms with Gasteiger partial charge < -0.3 is 10.6 Å². The van der Waals surface area contributed by atoms with Crippen LogP contribution in [-0.4, -0.2) is 16.1 Å². The van der Waals surface area contributed by atoms with Gasteiger partial charge in [-0.2, -0.15) is 0 Å². The molecule has 0 aromatic heterocycles. The van der Waals surface area contributed by atoms with Crippen LogP contribution in [0.4, 0.5) is 24.5 Å². The third-order valence-corrected chi connectivity index (χ3v) is 7.24. The minimum Gasteiger partial charge on any atom is -0.326 e. The molecule has 11 heteroatoms. The van der Waals surface area contributed by atoms with Crippen LogP contribution in [0.3, 0.4) is 0 Å². The van der Waals surface area contributed by atoms with E-state index in [9.17, 15) is 22.8 Å². The molecule has 3 aromatic rings. The summed E-state index contributed by atoms with van der Waals surface area (Å²) in [6, 6.07) is 11.3. The molecule has 1 aliphatic rings. The molecule has 1 aliphatic carbocycles. The maximum atomic E-state index is 13.9. The van der Waals surface area contributed by atoms with Crippen LogP contribution in [0, 0.1) is 17.6 Å². The molecule has 2 N–H and O–H groups in total. The van der Waals surface area contributed by atoms with Crippen LogP contribution < -0.4 is 10.6 Å². The molecule has 0 unspecified atom stereocenters. The topological polar surface area (TPSA) is 58.2 Å². The molecule has 2 atom stereocenters. The lowest BCUT2D eigenvalue weighted by molar-refractivity contribution is -0.117. The van der Waals surface area contributed by atoms with Crippen LogP contribution in [0.2, 0.25) is 10.0 Å². The van der Waals surface area contributed by atoms with Gasteiger partial charge in [-0.05, 0) is 48.0 Å². The summed E-state index contributed by atoms with van der Waals surface area (Å²) >= 11 is 24.8. The Morgan fingerprint density at radius 3 is 2.22 bits per heavy atom. The highest BCUT2D eigenvalue weighted by Crippen LogP contribution is 2.65. The van der Waals surface area contributed by atoms with E-state index in [4.69, 9.17) is 46.4 Å². The van der Waals surface area contributed by atoms with E-state index in [1.807, 2.05) is 0 Å². The maximum Gasteiger partial charge on any atom is 0.257 e. The van der Waals surface area contributed by atoms with E-state index in [1.54, 1.807) is 6.07 Å². The normalized spacial score (nSPS) is 17.9. The van der Waals surface area contributed by atoms with E-state index in [-0.39, 0.29) is 32.5 Å². The average Bonchev–Trinajstić information content (AvgIpc) is 3.39. The maximum absolute atomic E-state index is 13.9. The van der Waals surface area contributed by atoms with Gasteiger partial charge in [-0.15, -0.1) is 23.2 Å². The number of rotatable bonds is 6. The molecule has 1 saturated carbocycles. The number of alkyl halides is 2. The quantitative estimate of drug-likeness (QED) is 0.294. The van der Waals surface area contributed by atoms with Crippen LogP contribution in [0.25, 0.3) is 5.83 Å². The van der Waals surface area contributed by atoms with E-state index in [0.29, 0.717) is 11.6 Å². The summed E-state index contributed by atoms with van der Waals surface area (Å²) in [6.45, 7) is 3.24. The molecule has 0 spiro atoms. The predicted molar refractivity (Wildman–Crippen MR) is 137 cm³/mol. The Morgan fingerprint density at radius 2 is 1.56 bits per heavy atom. The van der Waals surface area contributed by atoms with Gasteiger partial charge in [0, 0.05) is 23.2 Å². The lowest BCUT2D eigenvalue weighted by Crippen LogP contribution is -2.18. The monoisotopic (exact) mass is 572 g/mol. The van der Waals surface area contributed by atoms with Gasteiger partial charge in [0.2, 0.25) is 5.91 Å². The van der Waals surface area contributed by atoms with E-state index in [2.05, 4.69) is 17.2 Å². The molecule has 2 amide bonds. The van der Waals surface area contributed by atoms with Gasteiger partial charge in [0.15, 0.2) is 0 Å². The Hall–Kier alpha value is -2.71. The van der Waals surface area contributed by atoms with E-state index >= 15 is 0 Å². The zero-order valence-corrected chi connectivity index (χ0v) is 21.0. The second-order valence-corrected chi connectivity index (χ2v) is 10.3. The van der Waals surface area contributed by atoms with Crippen LogP contribution in [0.15, 0.2) is 61.2 Å². The van der Waals surface area contributed by atoms with Gasteiger partial charge in [0.1, 0.15) is 21.8 Å². The van der Waals surface area contributed by atoms with Crippen molar-refractivity contribution in [2.75, 3.05) is 10.6 Å². The summed E-state index contributed by atoms with van der Waals surface area (Å²) in [5.41, 5.74) is 0.432. The molecular weight excluding hydrogens is 559 g/mol. The van der Waals surface area contributed by atoms with Crippen molar-refractivity contribution in [1.29, 1.82) is 0 Å². The molecule has 3 aromatic carbocycles. The fraction of sp³-hybridized carbons (Fsp3) is 0.120. The number of nitrogens with one attached hydrogen (secondary N) is 2. The highest BCUT2D eigenvalue weighted by molar-refractivity contribution is 6.53. The van der Waals surface area contributed by atoms with Crippen molar-refractivity contribution in [2.45, 2.75) is 10.3 Å². The highest BCUT2D eigenvalue weighted by atomic mass is 35.5. The SMILES string of the molecule is C=C(F)c1cc([C@@H]2[C@@H](C(=O)Nc3ccc(Cl)c(C(=O)Nc4ccc(F)cc4F)c3)C2(Cl)Cl)ccc1Cl. The Bertz CT molecular complexity index is 1410. The number of halogens is 7. The molecule has 0 radical (unpaired) electrons. The van der Waals surface area contributed by atoms with Gasteiger partial charge in [-0.25, -0.2) is 13.2 Å². The first-order valence-corrected chi connectivity index (χ1v) is 11.8. The first-order chi connectivity index (χ1) is 16.9. The minimum absolute atomic E-state index is 0.0292. The molecule has 36 heavy (non-hydrogen) atoms. The van der Waals surface area contributed by atoms with Crippen molar-refractivity contribution >= 4 is 75.4 Å². The Morgan fingerprint density at radius 1 is 0.889 bits per heavy atom. The molecule has 0 saturated heterocycles. The van der Waals surface area contributed by atoms with Gasteiger partial charge in [-0.1, -0.05) is 35.8 Å². The third-order valence-electron chi connectivity index (χ3n) is 5.64. The Labute approximate surface area is 224 Å². The fourth-order valence-electron chi connectivity index (χ4n) is 3.79. The molecular formula is C25H15Cl4F3N2O2. The number of benzene rings is 3. The summed E-state index contributed by atoms with van der Waals surface area (Å²) in [5.74, 6) is -5.41. The molecule has 1 fully saturated rings. The number of hydrogen-bond donors (Lipinski definition) is 2. The summed E-state index contributed by atoms with van der Waals surface area (Å²) in [7, 11) is 0. The smallest absolute Gasteiger partial charge is 0.257 e. The van der Waals surface area contributed by atoms with Crippen molar-refractivity contribution in [3.05, 3.63) is 99.5 Å². The number of hydrogen-bond acceptors (Lipinski definition) is 2. The number of amides is 2. The zero-order chi connectivity index (χ0) is 26.4. The van der Waals surface area contributed by atoms with E-state index < -0.39 is 45.4 Å². The Balaban J connectivity index is 1.52. The third kappa shape index (κ3) is 5.20. The summed E-state index contributed by atoms with van der Waals surface area (Å²) in [5, 5.41) is 5.11. The van der Waals surface area contributed by atoms with Gasteiger partial charge in [-0.3, -0.25) is 9.59 Å². The fourth-order valence-corrected chi connectivity index (χ4v) is 5.04. The van der Waals surface area contributed by atoms with Gasteiger partial charge in [0.05, 0.1) is 27.2 Å². The lowest BCUT2D eigenvalue weighted by Gasteiger charge is -2.11. The zero-order valence-electron chi connectivity index (χ0n) is 18.0. The van der Waals surface area contributed by atoms with Crippen molar-refractivity contribution in [3.63, 3.8) is 0 Å². The van der Waals surface area contributed by atoms with Crippen molar-refractivity contribution < 1.29 is 22.8 Å². The average molecular weight is 574 g/mol. The standard InChI is InChI=1S/C25H15Cl4F3N2O2/c1-11(30)15-8-12(2-5-17(15)26)21-22(25(21,28)29)24(36)33-14-4-6-18(27)16(10-14)23(35)34-20-7-3-13(31)9-19(20)32/h2-10,21-22H,1H2,(H,33,36)(H,34,35)/t21-,22+/m1/s1. The second-order valence-electron chi connectivity index (χ2n) is 8.04. The van der Waals surface area contributed by atoms with Crippen LogP contribution >= 0.6 is 46.4 Å². The molecule has 4 nitrogen and oxygen atoms in total.